The van der Waals surface area contributed by atoms with Crippen LogP contribution < -0.4 is 4.74 Å². The minimum absolute atomic E-state index is 0.0677. The predicted molar refractivity (Wildman–Crippen MR) is 57.5 cm³/mol. The van der Waals surface area contributed by atoms with Crippen molar-refractivity contribution in [2.24, 2.45) is 0 Å². The van der Waals surface area contributed by atoms with Gasteiger partial charge < -0.3 is 4.74 Å². The van der Waals surface area contributed by atoms with E-state index in [2.05, 4.69) is 0 Å². The summed E-state index contributed by atoms with van der Waals surface area (Å²) in [6, 6.07) is 2.83. The molecule has 0 atom stereocenters. The number of carbonyl (C=O) groups is 1. The number of ether oxygens (including phenoxy) is 1. The molecule has 17 heavy (non-hydrogen) atoms. The molecule has 0 heterocycles. The molecule has 0 amide bonds. The number of ketones is 1. The van der Waals surface area contributed by atoms with Crippen molar-refractivity contribution in [2.75, 3.05) is 7.11 Å². The Kier molecular flexibility index (Phi) is 3.80. The lowest BCUT2D eigenvalue weighted by Crippen LogP contribution is -2.15. The highest BCUT2D eigenvalue weighted by atomic mass is 19.4. The molecule has 0 N–H and O–H groups in total. The Morgan fingerprint density at radius 3 is 2.06 bits per heavy atom. The molecule has 0 spiro atoms. The summed E-state index contributed by atoms with van der Waals surface area (Å²) in [4.78, 5) is 11.4. The summed E-state index contributed by atoms with van der Waals surface area (Å²) >= 11 is 0. The minimum Gasteiger partial charge on any atom is -0.496 e. The topological polar surface area (TPSA) is 26.3 Å². The molecule has 0 saturated heterocycles. The number of benzene rings is 1. The van der Waals surface area contributed by atoms with E-state index < -0.39 is 18.4 Å². The average Bonchev–Trinajstić information content (AvgIpc) is 2.14. The van der Waals surface area contributed by atoms with Crippen molar-refractivity contribution >= 4 is 5.78 Å². The molecule has 0 radical (unpaired) electrons. The lowest BCUT2D eigenvalue weighted by atomic mass is 10.0. The highest BCUT2D eigenvalue weighted by molar-refractivity contribution is 5.97. The zero-order chi connectivity index (χ0) is 13.2. The van der Waals surface area contributed by atoms with Gasteiger partial charge in [0.2, 0.25) is 0 Å². The van der Waals surface area contributed by atoms with Crippen LogP contribution in [-0.4, -0.2) is 19.1 Å². The van der Waals surface area contributed by atoms with E-state index in [-0.39, 0.29) is 5.56 Å². The maximum absolute atomic E-state index is 12.1. The fourth-order valence-electron chi connectivity index (χ4n) is 1.72. The van der Waals surface area contributed by atoms with Crippen molar-refractivity contribution in [3.8, 4) is 5.75 Å². The van der Waals surface area contributed by atoms with Gasteiger partial charge in [0.1, 0.15) is 12.2 Å². The molecule has 0 aliphatic rings. The monoisotopic (exact) mass is 246 g/mol. The number of halogens is 3. The van der Waals surface area contributed by atoms with Gasteiger partial charge in [0.15, 0.2) is 5.78 Å². The van der Waals surface area contributed by atoms with Crippen LogP contribution in [0.5, 0.6) is 5.75 Å². The molecule has 1 rings (SSSR count). The van der Waals surface area contributed by atoms with Crippen LogP contribution in [0, 0.1) is 13.8 Å². The largest absolute Gasteiger partial charge is 0.496 e. The number of Topliss-reactive ketones (excluding diaryl/α,β-unsaturated/α-hetero) is 1. The Bertz CT molecular complexity index is 413. The quantitative estimate of drug-likeness (QED) is 0.763. The van der Waals surface area contributed by atoms with Crippen LogP contribution in [0.2, 0.25) is 0 Å². The zero-order valence-electron chi connectivity index (χ0n) is 9.81. The second kappa shape index (κ2) is 4.77. The van der Waals surface area contributed by atoms with E-state index in [9.17, 15) is 18.0 Å². The number of hydrogen-bond acceptors (Lipinski definition) is 2. The molecule has 0 aliphatic carbocycles. The number of aryl methyl sites for hydroxylation is 2. The van der Waals surface area contributed by atoms with E-state index >= 15 is 0 Å². The van der Waals surface area contributed by atoms with Gasteiger partial charge in [-0.15, -0.1) is 0 Å². The van der Waals surface area contributed by atoms with Gasteiger partial charge in [-0.1, -0.05) is 0 Å². The molecule has 0 fully saturated rings. The molecule has 1 aromatic rings. The number of hydrogen-bond donors (Lipinski definition) is 0. The van der Waals surface area contributed by atoms with Crippen LogP contribution in [-0.2, 0) is 0 Å². The molecule has 0 aliphatic heterocycles. The second-order valence-corrected chi connectivity index (χ2v) is 3.86. The Hall–Kier alpha value is -1.52. The first-order chi connectivity index (χ1) is 7.74. The SMILES string of the molecule is COc1c(C)cc(C(=O)CC(F)(F)F)cc1C. The van der Waals surface area contributed by atoms with Gasteiger partial charge in [-0.25, -0.2) is 0 Å². The zero-order valence-corrected chi connectivity index (χ0v) is 9.81. The number of rotatable bonds is 3. The molecule has 0 saturated carbocycles. The van der Waals surface area contributed by atoms with Crippen molar-refractivity contribution in [1.82, 2.24) is 0 Å². The Balaban J connectivity index is 3.05. The molecular weight excluding hydrogens is 233 g/mol. The van der Waals surface area contributed by atoms with Crippen LogP contribution in [0.3, 0.4) is 0 Å². The van der Waals surface area contributed by atoms with Crippen LogP contribution in [0.25, 0.3) is 0 Å². The van der Waals surface area contributed by atoms with Crippen molar-refractivity contribution in [3.63, 3.8) is 0 Å². The first-order valence-corrected chi connectivity index (χ1v) is 5.00. The van der Waals surface area contributed by atoms with E-state index in [4.69, 9.17) is 4.74 Å². The highest BCUT2D eigenvalue weighted by Crippen LogP contribution is 2.27. The Morgan fingerprint density at radius 2 is 1.71 bits per heavy atom. The second-order valence-electron chi connectivity index (χ2n) is 3.86. The fraction of sp³-hybridized carbons (Fsp3) is 0.417. The maximum Gasteiger partial charge on any atom is 0.396 e. The molecule has 0 bridgehead atoms. The summed E-state index contributed by atoms with van der Waals surface area (Å²) in [5, 5.41) is 0. The van der Waals surface area contributed by atoms with Crippen LogP contribution in [0.15, 0.2) is 12.1 Å². The average molecular weight is 246 g/mol. The van der Waals surface area contributed by atoms with Crippen molar-refractivity contribution < 1.29 is 22.7 Å². The molecule has 5 heteroatoms. The van der Waals surface area contributed by atoms with E-state index in [1.165, 1.54) is 19.2 Å². The van der Waals surface area contributed by atoms with Gasteiger partial charge in [-0.3, -0.25) is 4.79 Å². The normalized spacial score (nSPS) is 11.4. The number of methoxy groups -OCH3 is 1. The van der Waals surface area contributed by atoms with Crippen molar-refractivity contribution in [3.05, 3.63) is 28.8 Å². The van der Waals surface area contributed by atoms with Gasteiger partial charge in [-0.05, 0) is 37.1 Å². The molecule has 0 unspecified atom stereocenters. The number of carbonyl (C=O) groups excluding carboxylic acids is 1. The molecule has 2 nitrogen and oxygen atoms in total. The maximum atomic E-state index is 12.1. The summed E-state index contributed by atoms with van der Waals surface area (Å²) in [5.74, 6) is -0.333. The first kappa shape index (κ1) is 13.5. The van der Waals surface area contributed by atoms with Crippen LogP contribution in [0.4, 0.5) is 13.2 Å². The van der Waals surface area contributed by atoms with E-state index in [0.717, 1.165) is 0 Å². The van der Waals surface area contributed by atoms with Gasteiger partial charge >= 0.3 is 6.18 Å². The summed E-state index contributed by atoms with van der Waals surface area (Å²) in [7, 11) is 1.48. The standard InChI is InChI=1S/C12H13F3O2/c1-7-4-9(5-8(2)11(7)17-3)10(16)6-12(13,14)15/h4-5H,6H2,1-3H3. The van der Waals surface area contributed by atoms with E-state index in [1.54, 1.807) is 13.8 Å². The van der Waals surface area contributed by atoms with Gasteiger partial charge in [-0.2, -0.15) is 13.2 Å². The summed E-state index contributed by atoms with van der Waals surface area (Å²) in [6.45, 7) is 3.38. The molecule has 94 valence electrons. The van der Waals surface area contributed by atoms with E-state index in [1.807, 2.05) is 0 Å². The third-order valence-electron chi connectivity index (χ3n) is 2.35. The summed E-state index contributed by atoms with van der Waals surface area (Å²) in [5.41, 5.74) is 1.37. The first-order valence-electron chi connectivity index (χ1n) is 5.00. The third-order valence-corrected chi connectivity index (χ3v) is 2.35. The van der Waals surface area contributed by atoms with Crippen LogP contribution in [0.1, 0.15) is 27.9 Å². The lowest BCUT2D eigenvalue weighted by molar-refractivity contribution is -0.125. The van der Waals surface area contributed by atoms with Gasteiger partial charge in [0.05, 0.1) is 7.11 Å². The van der Waals surface area contributed by atoms with Crippen molar-refractivity contribution in [1.29, 1.82) is 0 Å². The lowest BCUT2D eigenvalue weighted by Gasteiger charge is -2.11. The predicted octanol–water partition coefficient (Wildman–Crippen LogP) is 3.45. The van der Waals surface area contributed by atoms with Crippen molar-refractivity contribution in [2.45, 2.75) is 26.4 Å². The fourth-order valence-corrected chi connectivity index (χ4v) is 1.72. The molecule has 1 aromatic carbocycles. The van der Waals surface area contributed by atoms with Crippen LogP contribution >= 0.6 is 0 Å². The summed E-state index contributed by atoms with van der Waals surface area (Å²) < 4.78 is 41.4. The Morgan fingerprint density at radius 1 is 1.24 bits per heavy atom. The Labute approximate surface area is 97.4 Å². The number of alkyl halides is 3. The minimum atomic E-state index is -4.47. The van der Waals surface area contributed by atoms with E-state index in [0.29, 0.717) is 16.9 Å². The van der Waals surface area contributed by atoms with Gasteiger partial charge in [0, 0.05) is 5.56 Å². The smallest absolute Gasteiger partial charge is 0.396 e. The highest BCUT2D eigenvalue weighted by Gasteiger charge is 2.31. The van der Waals surface area contributed by atoms with Gasteiger partial charge in [0.25, 0.3) is 0 Å². The molecule has 0 aromatic heterocycles. The summed E-state index contributed by atoms with van der Waals surface area (Å²) in [6.07, 6.45) is -5.91. The molecular formula is C12H13F3O2. The third kappa shape index (κ3) is 3.47.